The molecule has 0 spiro atoms. The van der Waals surface area contributed by atoms with E-state index in [2.05, 4.69) is 14.9 Å². The second-order valence-electron chi connectivity index (χ2n) is 6.28. The van der Waals surface area contributed by atoms with E-state index in [1.165, 1.54) is 19.2 Å². The van der Waals surface area contributed by atoms with Crippen molar-refractivity contribution < 1.29 is 19.0 Å². The highest BCUT2D eigenvalue weighted by Crippen LogP contribution is 2.24. The van der Waals surface area contributed by atoms with E-state index in [1.807, 2.05) is 6.07 Å². The summed E-state index contributed by atoms with van der Waals surface area (Å²) < 4.78 is 24.3. The van der Waals surface area contributed by atoms with Gasteiger partial charge in [-0.2, -0.15) is 0 Å². The first-order chi connectivity index (χ1) is 12.1. The molecule has 0 bridgehead atoms. The Hall–Kier alpha value is -2.09. The molecule has 0 unspecified atom stereocenters. The molecule has 3 rings (SSSR count). The maximum absolute atomic E-state index is 13.4. The first-order valence-corrected chi connectivity index (χ1v) is 8.19. The van der Waals surface area contributed by atoms with Crippen molar-refractivity contribution in [3.63, 3.8) is 0 Å². The Kier molecular flexibility index (Phi) is 5.57. The van der Waals surface area contributed by atoms with Crippen LogP contribution in [0.4, 0.5) is 4.39 Å². The molecule has 1 aliphatic heterocycles. The number of methoxy groups -OCH3 is 1. The molecule has 0 saturated carbocycles. The monoisotopic (exact) mass is 347 g/mol. The Balaban J connectivity index is 1.68. The largest absolute Gasteiger partial charge is 0.467 e. The zero-order chi connectivity index (χ0) is 17.7. The number of halogens is 1. The van der Waals surface area contributed by atoms with Crippen LogP contribution < -0.4 is 4.74 Å². The van der Waals surface area contributed by atoms with E-state index in [0.29, 0.717) is 32.1 Å². The summed E-state index contributed by atoms with van der Waals surface area (Å²) in [6.07, 6.45) is 3.92. The second kappa shape index (κ2) is 7.86. The van der Waals surface area contributed by atoms with Gasteiger partial charge in [-0.25, -0.2) is 14.4 Å². The van der Waals surface area contributed by atoms with Crippen LogP contribution in [0.1, 0.15) is 11.1 Å². The van der Waals surface area contributed by atoms with Gasteiger partial charge in [0, 0.05) is 44.0 Å². The molecule has 2 aromatic rings. The molecule has 1 fully saturated rings. The smallest absolute Gasteiger partial charge is 0.316 e. The molecule has 25 heavy (non-hydrogen) atoms. The minimum absolute atomic E-state index is 0.126. The van der Waals surface area contributed by atoms with Crippen LogP contribution in [0.25, 0.3) is 0 Å². The molecule has 1 aliphatic rings. The third-order valence-electron chi connectivity index (χ3n) is 4.30. The van der Waals surface area contributed by atoms with Crippen LogP contribution in [0.15, 0.2) is 36.7 Å². The maximum atomic E-state index is 13.4. The van der Waals surface area contributed by atoms with E-state index in [4.69, 9.17) is 9.47 Å². The van der Waals surface area contributed by atoms with Crippen LogP contribution in [-0.2, 0) is 17.7 Å². The summed E-state index contributed by atoms with van der Waals surface area (Å²) in [5.41, 5.74) is 1.03. The molecule has 1 aromatic carbocycles. The van der Waals surface area contributed by atoms with Gasteiger partial charge in [0.05, 0.1) is 20.3 Å². The number of benzene rings is 1. The fourth-order valence-corrected chi connectivity index (χ4v) is 3.12. The predicted molar refractivity (Wildman–Crippen MR) is 89.7 cm³/mol. The van der Waals surface area contributed by atoms with Crippen LogP contribution in [-0.4, -0.2) is 59.0 Å². The SMILES string of the molecule is COc1ncc(CN2CCO[C@@](CO)(Cc3cccc(F)c3)C2)cn1. The van der Waals surface area contributed by atoms with Crippen LogP contribution in [0.3, 0.4) is 0 Å². The summed E-state index contributed by atoms with van der Waals surface area (Å²) in [7, 11) is 1.53. The van der Waals surface area contributed by atoms with E-state index < -0.39 is 5.60 Å². The van der Waals surface area contributed by atoms with Gasteiger partial charge in [0.25, 0.3) is 0 Å². The van der Waals surface area contributed by atoms with E-state index >= 15 is 0 Å². The summed E-state index contributed by atoms with van der Waals surface area (Å²) in [4.78, 5) is 10.4. The Bertz CT molecular complexity index is 698. The minimum atomic E-state index is -0.737. The molecule has 1 saturated heterocycles. The Morgan fingerprint density at radius 1 is 1.32 bits per heavy atom. The van der Waals surface area contributed by atoms with Crippen LogP contribution in [0.2, 0.25) is 0 Å². The van der Waals surface area contributed by atoms with Gasteiger partial charge >= 0.3 is 6.01 Å². The summed E-state index contributed by atoms with van der Waals surface area (Å²) in [6.45, 7) is 2.33. The van der Waals surface area contributed by atoms with Crippen LogP contribution in [0.5, 0.6) is 6.01 Å². The molecule has 0 aliphatic carbocycles. The van der Waals surface area contributed by atoms with Crippen molar-refractivity contribution in [1.82, 2.24) is 14.9 Å². The van der Waals surface area contributed by atoms with E-state index in [0.717, 1.165) is 17.7 Å². The Morgan fingerprint density at radius 3 is 2.80 bits per heavy atom. The van der Waals surface area contributed by atoms with Crippen LogP contribution >= 0.6 is 0 Å². The number of rotatable bonds is 6. The minimum Gasteiger partial charge on any atom is -0.467 e. The average molecular weight is 347 g/mol. The maximum Gasteiger partial charge on any atom is 0.316 e. The molecule has 1 aromatic heterocycles. The number of aliphatic hydroxyl groups is 1. The van der Waals surface area contributed by atoms with Crippen molar-refractivity contribution in [3.8, 4) is 6.01 Å². The summed E-state index contributed by atoms with van der Waals surface area (Å²) >= 11 is 0. The van der Waals surface area contributed by atoms with Crippen molar-refractivity contribution in [2.45, 2.75) is 18.6 Å². The van der Waals surface area contributed by atoms with Crippen molar-refractivity contribution in [3.05, 3.63) is 53.6 Å². The molecule has 2 heterocycles. The molecule has 0 radical (unpaired) electrons. The molecule has 1 atom stereocenters. The van der Waals surface area contributed by atoms with Gasteiger partial charge in [0.2, 0.25) is 0 Å². The summed E-state index contributed by atoms with van der Waals surface area (Å²) in [6, 6.07) is 6.75. The lowest BCUT2D eigenvalue weighted by molar-refractivity contribution is -0.134. The molecular weight excluding hydrogens is 325 g/mol. The van der Waals surface area contributed by atoms with Gasteiger partial charge in [-0.15, -0.1) is 0 Å². The summed E-state index contributed by atoms with van der Waals surface area (Å²) in [5.74, 6) is -0.284. The highest BCUT2D eigenvalue weighted by molar-refractivity contribution is 5.19. The van der Waals surface area contributed by atoms with Crippen molar-refractivity contribution in [2.75, 3.05) is 33.4 Å². The normalized spacial score (nSPS) is 21.2. The predicted octanol–water partition coefficient (Wildman–Crippen LogP) is 1.43. The lowest BCUT2D eigenvalue weighted by Gasteiger charge is -2.42. The average Bonchev–Trinajstić information content (AvgIpc) is 2.63. The standard InChI is InChI=1S/C18H22FN3O3/c1-24-17-20-9-15(10-21-17)11-22-5-6-25-18(12-22,13-23)8-14-3-2-4-16(19)7-14/h2-4,7,9-10,23H,5-6,8,11-13H2,1H3/t18-/m0/s1. The van der Waals surface area contributed by atoms with Gasteiger partial charge in [-0.3, -0.25) is 4.90 Å². The lowest BCUT2D eigenvalue weighted by atomic mass is 9.93. The zero-order valence-electron chi connectivity index (χ0n) is 14.2. The number of ether oxygens (including phenoxy) is 2. The second-order valence-corrected chi connectivity index (χ2v) is 6.28. The number of hydrogen-bond acceptors (Lipinski definition) is 6. The zero-order valence-corrected chi connectivity index (χ0v) is 14.2. The number of aliphatic hydroxyl groups excluding tert-OH is 1. The molecule has 134 valence electrons. The fraction of sp³-hybridized carbons (Fsp3) is 0.444. The van der Waals surface area contributed by atoms with Gasteiger partial charge in [0.1, 0.15) is 11.4 Å². The third-order valence-corrected chi connectivity index (χ3v) is 4.30. The fourth-order valence-electron chi connectivity index (χ4n) is 3.12. The quantitative estimate of drug-likeness (QED) is 0.853. The van der Waals surface area contributed by atoms with Gasteiger partial charge in [-0.05, 0) is 17.7 Å². The third kappa shape index (κ3) is 4.50. The molecule has 1 N–H and O–H groups in total. The number of nitrogens with zero attached hydrogens (tertiary/aromatic N) is 3. The first kappa shape index (κ1) is 17.7. The van der Waals surface area contributed by atoms with E-state index in [-0.39, 0.29) is 12.4 Å². The Labute approximate surface area is 146 Å². The van der Waals surface area contributed by atoms with Gasteiger partial charge in [-0.1, -0.05) is 12.1 Å². The highest BCUT2D eigenvalue weighted by Gasteiger charge is 2.36. The highest BCUT2D eigenvalue weighted by atomic mass is 19.1. The lowest BCUT2D eigenvalue weighted by Crippen LogP contribution is -2.55. The molecule has 7 heteroatoms. The molecule has 0 amide bonds. The van der Waals surface area contributed by atoms with Crippen LogP contribution in [0, 0.1) is 5.82 Å². The van der Waals surface area contributed by atoms with Crippen molar-refractivity contribution >= 4 is 0 Å². The summed E-state index contributed by atoms with van der Waals surface area (Å²) in [5, 5.41) is 9.94. The van der Waals surface area contributed by atoms with E-state index in [1.54, 1.807) is 18.5 Å². The van der Waals surface area contributed by atoms with Crippen molar-refractivity contribution in [2.24, 2.45) is 0 Å². The number of morpholine rings is 1. The molecular formula is C18H22FN3O3. The van der Waals surface area contributed by atoms with E-state index in [9.17, 15) is 9.50 Å². The number of hydrogen-bond donors (Lipinski definition) is 1. The number of aromatic nitrogens is 2. The molecule has 6 nitrogen and oxygen atoms in total. The topological polar surface area (TPSA) is 67.7 Å². The first-order valence-electron chi connectivity index (χ1n) is 8.19. The van der Waals surface area contributed by atoms with Crippen molar-refractivity contribution in [1.29, 1.82) is 0 Å². The van der Waals surface area contributed by atoms with Gasteiger partial charge in [0.15, 0.2) is 0 Å². The Morgan fingerprint density at radius 2 is 2.12 bits per heavy atom. The van der Waals surface area contributed by atoms with Gasteiger partial charge < -0.3 is 14.6 Å².